The summed E-state index contributed by atoms with van der Waals surface area (Å²) in [6.07, 6.45) is 0. The van der Waals surface area contributed by atoms with E-state index in [1.807, 2.05) is 13.8 Å². The number of ether oxygens (including phenoxy) is 1. The third kappa shape index (κ3) is 3.90. The van der Waals surface area contributed by atoms with Gasteiger partial charge in [0.2, 0.25) is 0 Å². The fourth-order valence-corrected chi connectivity index (χ4v) is 1.33. The van der Waals surface area contributed by atoms with Gasteiger partial charge >= 0.3 is 0 Å². The average molecular weight is 269 g/mol. The Morgan fingerprint density at radius 3 is 2.58 bits per heavy atom. The van der Waals surface area contributed by atoms with E-state index >= 15 is 0 Å². The van der Waals surface area contributed by atoms with E-state index in [2.05, 4.69) is 0 Å². The maximum Gasteiger partial charge on any atom is 0.270 e. The summed E-state index contributed by atoms with van der Waals surface area (Å²) >= 11 is 0. The number of nitrogens with zero attached hydrogens (tertiary/aromatic N) is 1. The van der Waals surface area contributed by atoms with Gasteiger partial charge in [-0.25, -0.2) is 0 Å². The molecule has 0 spiro atoms. The number of aliphatic hydroxyl groups excluding tert-OH is 1. The van der Waals surface area contributed by atoms with Crippen molar-refractivity contribution >= 4 is 5.69 Å². The molecule has 1 unspecified atom stereocenters. The normalized spacial score (nSPS) is 14.2. The van der Waals surface area contributed by atoms with Crippen molar-refractivity contribution in [3.63, 3.8) is 0 Å². The van der Waals surface area contributed by atoms with Gasteiger partial charge in [0.05, 0.1) is 17.1 Å². The average Bonchev–Trinajstić information content (AvgIpc) is 2.35. The molecule has 1 atom stereocenters. The maximum absolute atomic E-state index is 10.6. The summed E-state index contributed by atoms with van der Waals surface area (Å²) in [5, 5.41) is 29.9. The van der Waals surface area contributed by atoms with Crippen LogP contribution in [0.3, 0.4) is 0 Å². The first-order valence-electron chi connectivity index (χ1n) is 6.01. The van der Waals surface area contributed by atoms with Gasteiger partial charge in [-0.15, -0.1) is 0 Å². The molecular weight excluding hydrogens is 250 g/mol. The minimum atomic E-state index is -1.01. The molecule has 2 N–H and O–H groups in total. The summed E-state index contributed by atoms with van der Waals surface area (Å²) in [6.45, 7) is 5.08. The zero-order valence-electron chi connectivity index (χ0n) is 11.3. The van der Waals surface area contributed by atoms with E-state index in [1.54, 1.807) is 6.92 Å². The maximum atomic E-state index is 10.6. The lowest BCUT2D eigenvalue weighted by atomic mass is 9.94. The Balaban J connectivity index is 2.87. The van der Waals surface area contributed by atoms with Gasteiger partial charge in [-0.05, 0) is 18.9 Å². The molecule has 0 fully saturated rings. The largest absolute Gasteiger partial charge is 0.490 e. The summed E-state index contributed by atoms with van der Waals surface area (Å²) < 4.78 is 5.46. The Morgan fingerprint density at radius 2 is 2.11 bits per heavy atom. The molecule has 6 heteroatoms. The molecule has 0 aromatic heterocycles. The van der Waals surface area contributed by atoms with Crippen molar-refractivity contribution in [1.82, 2.24) is 0 Å². The number of rotatable bonds is 6. The van der Waals surface area contributed by atoms with Crippen LogP contribution in [0.25, 0.3) is 0 Å². The van der Waals surface area contributed by atoms with Crippen LogP contribution in [0, 0.1) is 16.0 Å². The van der Waals surface area contributed by atoms with Crippen molar-refractivity contribution < 1.29 is 19.9 Å². The zero-order chi connectivity index (χ0) is 14.6. The molecule has 0 amide bonds. The Morgan fingerprint density at radius 1 is 1.47 bits per heavy atom. The highest BCUT2D eigenvalue weighted by molar-refractivity contribution is 5.43. The Bertz CT molecular complexity index is 456. The highest BCUT2D eigenvalue weighted by Crippen LogP contribution is 2.26. The number of nitro benzene ring substituents is 1. The second-order valence-electron chi connectivity index (χ2n) is 5.01. The number of hydrogen-bond donors (Lipinski definition) is 2. The number of non-ortho nitro benzene ring substituents is 1. The lowest BCUT2D eigenvalue weighted by Crippen LogP contribution is -2.37. The second-order valence-corrected chi connectivity index (χ2v) is 5.01. The van der Waals surface area contributed by atoms with Crippen molar-refractivity contribution in [2.75, 3.05) is 6.61 Å². The summed E-state index contributed by atoms with van der Waals surface area (Å²) in [5.74, 6) is 0.345. The molecule has 1 aromatic carbocycles. The fraction of sp³-hybridized carbons (Fsp3) is 0.538. The van der Waals surface area contributed by atoms with Crippen LogP contribution in [0.5, 0.6) is 5.75 Å². The minimum Gasteiger partial charge on any atom is -0.490 e. The van der Waals surface area contributed by atoms with Gasteiger partial charge in [0, 0.05) is 17.7 Å². The first-order valence-corrected chi connectivity index (χ1v) is 6.01. The van der Waals surface area contributed by atoms with Crippen LogP contribution in [-0.2, 0) is 6.61 Å². The van der Waals surface area contributed by atoms with E-state index in [0.29, 0.717) is 11.3 Å². The molecule has 1 aromatic rings. The highest BCUT2D eigenvalue weighted by Gasteiger charge is 2.26. The standard InChI is InChI=1S/C13H19NO5/c1-9(2)13(3,16)8-19-12-5-4-11(14(17)18)6-10(12)7-15/h4-6,9,15-16H,7-8H2,1-3H3. The van der Waals surface area contributed by atoms with E-state index < -0.39 is 10.5 Å². The number of hydrogen-bond acceptors (Lipinski definition) is 5. The van der Waals surface area contributed by atoms with Crippen molar-refractivity contribution in [2.24, 2.45) is 5.92 Å². The summed E-state index contributed by atoms with van der Waals surface area (Å²) in [4.78, 5) is 10.1. The summed E-state index contributed by atoms with van der Waals surface area (Å²) in [7, 11) is 0. The van der Waals surface area contributed by atoms with E-state index in [1.165, 1.54) is 18.2 Å². The van der Waals surface area contributed by atoms with Gasteiger partial charge < -0.3 is 14.9 Å². The van der Waals surface area contributed by atoms with Crippen molar-refractivity contribution in [3.05, 3.63) is 33.9 Å². The smallest absolute Gasteiger partial charge is 0.270 e. The molecule has 6 nitrogen and oxygen atoms in total. The summed E-state index contributed by atoms with van der Waals surface area (Å²) in [6, 6.07) is 4.00. The van der Waals surface area contributed by atoms with Crippen LogP contribution in [0.4, 0.5) is 5.69 Å². The highest BCUT2D eigenvalue weighted by atomic mass is 16.6. The van der Waals surface area contributed by atoms with Crippen LogP contribution >= 0.6 is 0 Å². The van der Waals surface area contributed by atoms with Crippen LogP contribution in [0.1, 0.15) is 26.3 Å². The zero-order valence-corrected chi connectivity index (χ0v) is 11.3. The van der Waals surface area contributed by atoms with Crippen LogP contribution in [0.2, 0.25) is 0 Å². The first-order chi connectivity index (χ1) is 8.77. The minimum absolute atomic E-state index is 0.00289. The van der Waals surface area contributed by atoms with Gasteiger partial charge in [-0.2, -0.15) is 0 Å². The van der Waals surface area contributed by atoms with Crippen LogP contribution in [0.15, 0.2) is 18.2 Å². The van der Waals surface area contributed by atoms with Crippen LogP contribution < -0.4 is 4.74 Å². The van der Waals surface area contributed by atoms with Gasteiger partial charge in [-0.3, -0.25) is 10.1 Å². The summed E-state index contributed by atoms with van der Waals surface area (Å²) in [5.41, 5.74) is -0.783. The number of nitro groups is 1. The Kier molecular flexibility index (Phi) is 4.85. The third-order valence-electron chi connectivity index (χ3n) is 3.19. The van der Waals surface area contributed by atoms with Crippen LogP contribution in [-0.4, -0.2) is 27.3 Å². The molecule has 0 aliphatic rings. The molecule has 0 aliphatic heterocycles. The fourth-order valence-electron chi connectivity index (χ4n) is 1.33. The van der Waals surface area contributed by atoms with E-state index in [0.717, 1.165) is 0 Å². The Hall–Kier alpha value is -1.66. The SMILES string of the molecule is CC(C)C(C)(O)COc1ccc([N+](=O)[O-])cc1CO. The molecule has 0 saturated heterocycles. The molecule has 0 bridgehead atoms. The number of aliphatic hydroxyl groups is 2. The monoisotopic (exact) mass is 269 g/mol. The number of benzene rings is 1. The predicted octanol–water partition coefficient (Wildman–Crippen LogP) is 1.87. The molecule has 1 rings (SSSR count). The molecule has 0 heterocycles. The van der Waals surface area contributed by atoms with E-state index in [9.17, 15) is 20.3 Å². The molecule has 19 heavy (non-hydrogen) atoms. The second kappa shape index (κ2) is 5.99. The molecule has 106 valence electrons. The van der Waals surface area contributed by atoms with Gasteiger partial charge in [0.25, 0.3) is 5.69 Å². The van der Waals surface area contributed by atoms with Gasteiger partial charge in [0.1, 0.15) is 12.4 Å². The molecule has 0 saturated carbocycles. The predicted molar refractivity (Wildman–Crippen MR) is 70.0 cm³/mol. The lowest BCUT2D eigenvalue weighted by molar-refractivity contribution is -0.385. The lowest BCUT2D eigenvalue weighted by Gasteiger charge is -2.27. The van der Waals surface area contributed by atoms with Crippen molar-refractivity contribution in [1.29, 1.82) is 0 Å². The van der Waals surface area contributed by atoms with Gasteiger partial charge in [0.15, 0.2) is 0 Å². The van der Waals surface area contributed by atoms with E-state index in [-0.39, 0.29) is 24.8 Å². The first kappa shape index (κ1) is 15.4. The molecule has 0 aliphatic carbocycles. The van der Waals surface area contributed by atoms with Crippen molar-refractivity contribution in [2.45, 2.75) is 33.0 Å². The third-order valence-corrected chi connectivity index (χ3v) is 3.19. The molecule has 0 radical (unpaired) electrons. The molecular formula is C13H19NO5. The van der Waals surface area contributed by atoms with E-state index in [4.69, 9.17) is 4.74 Å². The van der Waals surface area contributed by atoms with Crippen molar-refractivity contribution in [3.8, 4) is 5.75 Å². The van der Waals surface area contributed by atoms with Gasteiger partial charge in [-0.1, -0.05) is 13.8 Å². The quantitative estimate of drug-likeness (QED) is 0.607. The Labute approximate surface area is 111 Å². The topological polar surface area (TPSA) is 92.8 Å².